The molecule has 1 aromatic carbocycles. The minimum Gasteiger partial charge on any atom is -0.324 e. The Morgan fingerprint density at radius 1 is 1.38 bits per heavy atom. The van der Waals surface area contributed by atoms with Crippen molar-refractivity contribution >= 4 is 17.3 Å². The normalized spacial score (nSPS) is 10.4. The summed E-state index contributed by atoms with van der Waals surface area (Å²) in [6, 6.07) is 5.64. The molecule has 0 radical (unpaired) electrons. The average molecular weight is 288 g/mol. The lowest BCUT2D eigenvalue weighted by Gasteiger charge is -2.10. The van der Waals surface area contributed by atoms with Crippen molar-refractivity contribution in [1.82, 2.24) is 9.78 Å². The number of rotatable bonds is 4. The third kappa shape index (κ3) is 3.25. The number of carbonyl (C=O) groups excluding carboxylic acids is 1. The van der Waals surface area contributed by atoms with Crippen LogP contribution in [-0.4, -0.2) is 20.6 Å². The van der Waals surface area contributed by atoms with E-state index in [4.69, 9.17) is 0 Å². The fraction of sp³-hybridized carbons (Fsp3) is 0.286. The number of carbonyl (C=O) groups is 1. The molecule has 1 N–H and O–H groups in total. The van der Waals surface area contributed by atoms with E-state index in [1.165, 1.54) is 17.8 Å². The van der Waals surface area contributed by atoms with E-state index in [1.54, 1.807) is 0 Å². The second-order valence-electron chi connectivity index (χ2n) is 4.85. The number of aryl methyl sites for hydroxylation is 2. The molecule has 0 saturated carbocycles. The van der Waals surface area contributed by atoms with E-state index >= 15 is 0 Å². The summed E-state index contributed by atoms with van der Waals surface area (Å²) in [6.45, 7) is 5.36. The van der Waals surface area contributed by atoms with Gasteiger partial charge in [0.2, 0.25) is 5.91 Å². The third-order valence-electron chi connectivity index (χ3n) is 3.30. The molecule has 0 aliphatic rings. The lowest BCUT2D eigenvalue weighted by atomic mass is 10.1. The first-order valence-corrected chi connectivity index (χ1v) is 6.43. The van der Waals surface area contributed by atoms with Gasteiger partial charge in [-0.3, -0.25) is 19.6 Å². The Morgan fingerprint density at radius 2 is 2.10 bits per heavy atom. The van der Waals surface area contributed by atoms with E-state index in [2.05, 4.69) is 10.4 Å². The largest absolute Gasteiger partial charge is 0.324 e. The number of hydrogen-bond acceptors (Lipinski definition) is 4. The van der Waals surface area contributed by atoms with Crippen LogP contribution in [0.4, 0.5) is 11.4 Å². The van der Waals surface area contributed by atoms with E-state index in [0.717, 1.165) is 16.8 Å². The quantitative estimate of drug-likeness (QED) is 0.690. The van der Waals surface area contributed by atoms with E-state index in [0.29, 0.717) is 5.69 Å². The highest BCUT2D eigenvalue weighted by Gasteiger charge is 2.16. The molecule has 0 aliphatic carbocycles. The van der Waals surface area contributed by atoms with Crippen LogP contribution >= 0.6 is 0 Å². The highest BCUT2D eigenvalue weighted by atomic mass is 16.6. The van der Waals surface area contributed by atoms with E-state index < -0.39 is 4.92 Å². The zero-order chi connectivity index (χ0) is 15.6. The topological polar surface area (TPSA) is 90.1 Å². The summed E-state index contributed by atoms with van der Waals surface area (Å²) in [5.74, 6) is -0.277. The summed E-state index contributed by atoms with van der Waals surface area (Å²) in [6.07, 6.45) is 1.26. The van der Waals surface area contributed by atoms with Gasteiger partial charge in [0, 0.05) is 5.69 Å². The van der Waals surface area contributed by atoms with Crippen LogP contribution < -0.4 is 5.32 Å². The van der Waals surface area contributed by atoms with Crippen molar-refractivity contribution in [3.05, 3.63) is 51.3 Å². The Bertz CT molecular complexity index is 706. The number of anilines is 1. The summed E-state index contributed by atoms with van der Waals surface area (Å²) in [5.41, 5.74) is 3.01. The Hall–Kier alpha value is -2.70. The first kappa shape index (κ1) is 14.7. The van der Waals surface area contributed by atoms with Gasteiger partial charge < -0.3 is 5.32 Å². The molecule has 110 valence electrons. The zero-order valence-electron chi connectivity index (χ0n) is 12.1. The standard InChI is InChI=1S/C14H16N4O3/c1-9-5-4-6-12(10(9)2)15-14(19)8-17-7-13(18(20)21)11(3)16-17/h4-7H,8H2,1-3H3,(H,15,19). The molecule has 0 unspecified atom stereocenters. The maximum absolute atomic E-state index is 12.0. The first-order valence-electron chi connectivity index (χ1n) is 6.43. The summed E-state index contributed by atoms with van der Waals surface area (Å²) >= 11 is 0. The molecule has 7 nitrogen and oxygen atoms in total. The van der Waals surface area contributed by atoms with Gasteiger partial charge in [-0.25, -0.2) is 0 Å². The molecule has 0 aliphatic heterocycles. The van der Waals surface area contributed by atoms with Gasteiger partial charge in [0.25, 0.3) is 0 Å². The minimum atomic E-state index is -0.512. The second-order valence-corrected chi connectivity index (χ2v) is 4.85. The van der Waals surface area contributed by atoms with Crippen LogP contribution in [0.2, 0.25) is 0 Å². The number of hydrogen-bond donors (Lipinski definition) is 1. The van der Waals surface area contributed by atoms with Crippen LogP contribution in [0, 0.1) is 30.9 Å². The van der Waals surface area contributed by atoms with Crippen molar-refractivity contribution in [3.63, 3.8) is 0 Å². The summed E-state index contributed by atoms with van der Waals surface area (Å²) < 4.78 is 1.27. The Kier molecular flexibility index (Phi) is 4.02. The fourth-order valence-corrected chi connectivity index (χ4v) is 1.99. The molecule has 0 spiro atoms. The molecule has 21 heavy (non-hydrogen) atoms. The minimum absolute atomic E-state index is 0.0674. The predicted molar refractivity (Wildman–Crippen MR) is 78.2 cm³/mol. The zero-order valence-corrected chi connectivity index (χ0v) is 12.1. The van der Waals surface area contributed by atoms with Crippen molar-refractivity contribution in [1.29, 1.82) is 0 Å². The highest BCUT2D eigenvalue weighted by molar-refractivity contribution is 5.91. The number of nitrogens with zero attached hydrogens (tertiary/aromatic N) is 3. The monoisotopic (exact) mass is 288 g/mol. The molecule has 2 rings (SSSR count). The predicted octanol–water partition coefficient (Wildman–Crippen LogP) is 2.36. The van der Waals surface area contributed by atoms with Crippen LogP contribution in [0.15, 0.2) is 24.4 Å². The van der Waals surface area contributed by atoms with Crippen LogP contribution in [0.1, 0.15) is 16.8 Å². The molecule has 0 bridgehead atoms. The second kappa shape index (κ2) is 5.74. The number of aromatic nitrogens is 2. The van der Waals surface area contributed by atoms with Crippen molar-refractivity contribution in [2.24, 2.45) is 0 Å². The van der Waals surface area contributed by atoms with Crippen molar-refractivity contribution < 1.29 is 9.72 Å². The Morgan fingerprint density at radius 3 is 2.71 bits per heavy atom. The van der Waals surface area contributed by atoms with Crippen LogP contribution in [0.3, 0.4) is 0 Å². The number of benzene rings is 1. The van der Waals surface area contributed by atoms with Gasteiger partial charge in [-0.05, 0) is 38.0 Å². The number of amides is 1. The molecule has 0 saturated heterocycles. The number of nitrogens with one attached hydrogen (secondary N) is 1. The van der Waals surface area contributed by atoms with Gasteiger partial charge in [0.15, 0.2) is 0 Å². The molecule has 2 aromatic rings. The van der Waals surface area contributed by atoms with Crippen LogP contribution in [0.5, 0.6) is 0 Å². The summed E-state index contributed by atoms with van der Waals surface area (Å²) in [7, 11) is 0. The summed E-state index contributed by atoms with van der Waals surface area (Å²) in [4.78, 5) is 22.2. The molecular weight excluding hydrogens is 272 g/mol. The maximum atomic E-state index is 12.0. The van der Waals surface area contributed by atoms with Crippen LogP contribution in [0.25, 0.3) is 0 Å². The smallest absolute Gasteiger partial charge is 0.309 e. The SMILES string of the molecule is Cc1cccc(NC(=O)Cn2cc([N+](=O)[O-])c(C)n2)c1C. The van der Waals surface area contributed by atoms with E-state index in [-0.39, 0.29) is 18.1 Å². The average Bonchev–Trinajstić information content (AvgIpc) is 2.76. The van der Waals surface area contributed by atoms with Crippen molar-refractivity contribution in [2.75, 3.05) is 5.32 Å². The van der Waals surface area contributed by atoms with Crippen LogP contribution in [-0.2, 0) is 11.3 Å². The van der Waals surface area contributed by atoms with Gasteiger partial charge in [-0.15, -0.1) is 0 Å². The van der Waals surface area contributed by atoms with Crippen molar-refractivity contribution in [3.8, 4) is 0 Å². The fourth-order valence-electron chi connectivity index (χ4n) is 1.99. The van der Waals surface area contributed by atoms with Gasteiger partial charge in [-0.1, -0.05) is 12.1 Å². The molecule has 0 atom stereocenters. The summed E-state index contributed by atoms with van der Waals surface area (Å²) in [5, 5.41) is 17.5. The molecule has 0 fully saturated rings. The van der Waals surface area contributed by atoms with Gasteiger partial charge in [0.05, 0.1) is 4.92 Å². The maximum Gasteiger partial charge on any atom is 0.309 e. The van der Waals surface area contributed by atoms with Gasteiger partial charge in [-0.2, -0.15) is 5.10 Å². The number of nitro groups is 1. The Balaban J connectivity index is 2.10. The highest BCUT2D eigenvalue weighted by Crippen LogP contribution is 2.18. The Labute approximate surface area is 121 Å². The molecule has 1 heterocycles. The third-order valence-corrected chi connectivity index (χ3v) is 3.30. The van der Waals surface area contributed by atoms with Gasteiger partial charge in [0.1, 0.15) is 18.4 Å². The first-order chi connectivity index (χ1) is 9.88. The van der Waals surface area contributed by atoms with Gasteiger partial charge >= 0.3 is 5.69 Å². The van der Waals surface area contributed by atoms with Crippen molar-refractivity contribution in [2.45, 2.75) is 27.3 Å². The lowest BCUT2D eigenvalue weighted by molar-refractivity contribution is -0.385. The van der Waals surface area contributed by atoms with E-state index in [1.807, 2.05) is 32.0 Å². The molecule has 7 heteroatoms. The molecule has 1 aromatic heterocycles. The van der Waals surface area contributed by atoms with E-state index in [9.17, 15) is 14.9 Å². The molecular formula is C14H16N4O3. The lowest BCUT2D eigenvalue weighted by Crippen LogP contribution is -2.19. The molecule has 1 amide bonds.